The Balaban J connectivity index is 1.25. The molecule has 2 aromatic carbocycles. The number of rotatable bonds is 10. The molecule has 5 rings (SSSR count). The molecule has 0 unspecified atom stereocenters. The molecule has 38 heavy (non-hydrogen) atoms. The van der Waals surface area contributed by atoms with Crippen LogP contribution >= 0.6 is 0 Å². The minimum atomic E-state index is -0.561. The van der Waals surface area contributed by atoms with E-state index in [1.807, 2.05) is 41.1 Å². The van der Waals surface area contributed by atoms with Crippen molar-refractivity contribution in [1.29, 1.82) is 0 Å². The average Bonchev–Trinajstić information content (AvgIpc) is 3.41. The molecule has 2 aliphatic heterocycles. The van der Waals surface area contributed by atoms with Crippen LogP contribution in [0.3, 0.4) is 0 Å². The van der Waals surface area contributed by atoms with Crippen LogP contribution in [0.5, 0.6) is 0 Å². The second kappa shape index (κ2) is 12.0. The highest BCUT2D eigenvalue weighted by atomic mass is 19.1. The monoisotopic (exact) mass is 519 g/mol. The van der Waals surface area contributed by atoms with Crippen LogP contribution in [-0.4, -0.2) is 78.2 Å². The van der Waals surface area contributed by atoms with E-state index in [2.05, 4.69) is 15.3 Å². The van der Waals surface area contributed by atoms with Gasteiger partial charge in [0.2, 0.25) is 0 Å². The van der Waals surface area contributed by atoms with Crippen molar-refractivity contribution >= 4 is 34.3 Å². The maximum absolute atomic E-state index is 13.7. The van der Waals surface area contributed by atoms with Gasteiger partial charge in [-0.1, -0.05) is 24.3 Å². The van der Waals surface area contributed by atoms with Crippen LogP contribution in [0.4, 0.5) is 10.1 Å². The van der Waals surface area contributed by atoms with Gasteiger partial charge < -0.3 is 19.7 Å². The molecule has 2 N–H and O–H groups in total. The van der Waals surface area contributed by atoms with Crippen molar-refractivity contribution in [1.82, 2.24) is 14.8 Å². The van der Waals surface area contributed by atoms with E-state index in [4.69, 9.17) is 4.74 Å². The van der Waals surface area contributed by atoms with Gasteiger partial charge in [-0.25, -0.2) is 4.39 Å². The highest BCUT2D eigenvalue weighted by Crippen LogP contribution is 2.29. The first-order chi connectivity index (χ1) is 18.5. The minimum Gasteiger partial charge on any atom is -0.390 e. The Bertz CT molecular complexity index is 1340. The molecule has 0 radical (unpaired) electrons. The molecule has 1 fully saturated rings. The third-order valence-corrected chi connectivity index (χ3v) is 6.95. The van der Waals surface area contributed by atoms with Gasteiger partial charge in [0.1, 0.15) is 5.82 Å². The number of aromatic nitrogens is 1. The van der Waals surface area contributed by atoms with Crippen molar-refractivity contribution < 1.29 is 19.0 Å². The Kier molecular flexibility index (Phi) is 8.29. The number of amides is 1. The molecular formula is C29H34FN5O3. The molecule has 3 heterocycles. The summed E-state index contributed by atoms with van der Waals surface area (Å²) in [6.45, 7) is 8.17. The molecule has 0 aliphatic carbocycles. The quantitative estimate of drug-likeness (QED) is 0.318. The van der Waals surface area contributed by atoms with Crippen molar-refractivity contribution in [3.8, 4) is 0 Å². The third-order valence-electron chi connectivity index (χ3n) is 6.95. The first-order valence-electron chi connectivity index (χ1n) is 13.1. The fourth-order valence-electron chi connectivity index (χ4n) is 4.98. The van der Waals surface area contributed by atoms with Crippen LogP contribution in [0.2, 0.25) is 0 Å². The highest BCUT2D eigenvalue weighted by Gasteiger charge is 2.29. The van der Waals surface area contributed by atoms with Crippen molar-refractivity contribution in [3.63, 3.8) is 0 Å². The Labute approximate surface area is 222 Å². The van der Waals surface area contributed by atoms with Crippen LogP contribution in [0.15, 0.2) is 65.4 Å². The fraction of sp³-hybridized carbons (Fsp3) is 0.379. The Morgan fingerprint density at radius 1 is 1.18 bits per heavy atom. The number of para-hydroxylation sites is 1. The lowest BCUT2D eigenvalue weighted by Gasteiger charge is -2.26. The van der Waals surface area contributed by atoms with Gasteiger partial charge in [0.25, 0.3) is 5.91 Å². The van der Waals surface area contributed by atoms with Gasteiger partial charge in [0.15, 0.2) is 0 Å². The number of ether oxygens (including phenoxy) is 1. The Morgan fingerprint density at radius 2 is 2.00 bits per heavy atom. The van der Waals surface area contributed by atoms with Gasteiger partial charge in [-0.15, -0.1) is 0 Å². The summed E-state index contributed by atoms with van der Waals surface area (Å²) < 4.78 is 21.1. The lowest BCUT2D eigenvalue weighted by atomic mass is 10.1. The molecule has 0 spiro atoms. The van der Waals surface area contributed by atoms with Gasteiger partial charge in [0.05, 0.1) is 36.3 Å². The molecule has 2 aliphatic rings. The second-order valence-corrected chi connectivity index (χ2v) is 9.76. The number of nitrogens with one attached hydrogen (secondary N) is 1. The van der Waals surface area contributed by atoms with Crippen LogP contribution < -0.4 is 10.3 Å². The Morgan fingerprint density at radius 3 is 2.82 bits per heavy atom. The maximum Gasteiger partial charge on any atom is 0.280 e. The number of aliphatic hydroxyl groups is 1. The van der Waals surface area contributed by atoms with E-state index in [0.717, 1.165) is 62.3 Å². The summed E-state index contributed by atoms with van der Waals surface area (Å²) in [5.74, 6) is -0.722. The number of nitrogens with zero attached hydrogens (tertiary/aromatic N) is 4. The summed E-state index contributed by atoms with van der Waals surface area (Å²) in [7, 11) is 0. The summed E-state index contributed by atoms with van der Waals surface area (Å²) in [5, 5.41) is 20.7. The Hall–Kier alpha value is -3.37. The standard InChI is InChI=1S/C29H34FN5O3/c1-21-27(29(37)35(32-21)24-7-4-6-23(30)17-24)16-22-19-34(28-9-3-2-8-26(22)28)20-25(36)18-31-10-5-11-33-12-14-38-15-13-33/h2-4,6-9,16-17,19,25,31,36H,5,10-15,18,20H2,1H3/b27-16+/t25-/m0/s1. The predicted octanol–water partition coefficient (Wildman–Crippen LogP) is 3.26. The van der Waals surface area contributed by atoms with E-state index in [1.165, 1.54) is 17.1 Å². The number of fused-ring (bicyclic) bond motifs is 1. The molecule has 9 heteroatoms. The van der Waals surface area contributed by atoms with E-state index < -0.39 is 11.9 Å². The van der Waals surface area contributed by atoms with Crippen molar-refractivity contribution in [2.24, 2.45) is 5.10 Å². The number of benzene rings is 2. The van der Waals surface area contributed by atoms with Gasteiger partial charge >= 0.3 is 0 Å². The number of carbonyl (C=O) groups excluding carboxylic acids is 1. The van der Waals surface area contributed by atoms with E-state index in [1.54, 1.807) is 19.1 Å². The predicted molar refractivity (Wildman–Crippen MR) is 148 cm³/mol. The normalized spacial score (nSPS) is 18.5. The lowest BCUT2D eigenvalue weighted by Crippen LogP contribution is -2.38. The van der Waals surface area contributed by atoms with E-state index in [9.17, 15) is 14.3 Å². The molecule has 200 valence electrons. The van der Waals surface area contributed by atoms with Crippen LogP contribution in [0, 0.1) is 5.82 Å². The number of halogens is 1. The SMILES string of the molecule is CC1=NN(c2cccc(F)c2)C(=O)/C1=C/c1cn(C[C@@H](O)CNCCCN2CCOCC2)c2ccccc12. The number of anilines is 1. The molecule has 1 amide bonds. The molecule has 3 aromatic rings. The van der Waals surface area contributed by atoms with Crippen LogP contribution in [0.25, 0.3) is 17.0 Å². The zero-order valence-electron chi connectivity index (χ0n) is 21.6. The zero-order valence-corrected chi connectivity index (χ0v) is 21.6. The van der Waals surface area contributed by atoms with E-state index in [-0.39, 0.29) is 5.91 Å². The van der Waals surface area contributed by atoms with Crippen molar-refractivity contribution in [3.05, 3.63) is 71.7 Å². The molecule has 0 bridgehead atoms. The molecule has 1 aromatic heterocycles. The largest absolute Gasteiger partial charge is 0.390 e. The fourth-order valence-corrected chi connectivity index (χ4v) is 4.98. The molecule has 1 saturated heterocycles. The summed E-state index contributed by atoms with van der Waals surface area (Å²) in [6, 6.07) is 13.8. The van der Waals surface area contributed by atoms with E-state index in [0.29, 0.717) is 30.1 Å². The maximum atomic E-state index is 13.7. The molecule has 0 saturated carbocycles. The average molecular weight is 520 g/mol. The van der Waals surface area contributed by atoms with Crippen LogP contribution in [0.1, 0.15) is 18.9 Å². The minimum absolute atomic E-state index is 0.300. The number of carbonyl (C=O) groups is 1. The summed E-state index contributed by atoms with van der Waals surface area (Å²) >= 11 is 0. The van der Waals surface area contributed by atoms with E-state index >= 15 is 0 Å². The highest BCUT2D eigenvalue weighted by molar-refractivity contribution is 6.32. The number of hydrazone groups is 1. The van der Waals surface area contributed by atoms with Crippen LogP contribution in [-0.2, 0) is 16.1 Å². The first-order valence-corrected chi connectivity index (χ1v) is 13.1. The van der Waals surface area contributed by atoms with Crippen molar-refractivity contribution in [2.75, 3.05) is 50.9 Å². The zero-order chi connectivity index (χ0) is 26.5. The molecule has 1 atom stereocenters. The van der Waals surface area contributed by atoms with Gasteiger partial charge in [-0.05, 0) is 56.8 Å². The van der Waals surface area contributed by atoms with Gasteiger partial charge in [-0.3, -0.25) is 9.69 Å². The number of morpholine rings is 1. The first kappa shape index (κ1) is 26.2. The second-order valence-electron chi connectivity index (χ2n) is 9.76. The number of hydrogen-bond donors (Lipinski definition) is 2. The smallest absolute Gasteiger partial charge is 0.280 e. The van der Waals surface area contributed by atoms with Gasteiger partial charge in [-0.2, -0.15) is 10.1 Å². The van der Waals surface area contributed by atoms with Crippen molar-refractivity contribution in [2.45, 2.75) is 26.0 Å². The number of hydrogen-bond acceptors (Lipinski definition) is 6. The summed E-state index contributed by atoms with van der Waals surface area (Å²) in [5.41, 5.74) is 3.26. The topological polar surface area (TPSA) is 82.3 Å². The van der Waals surface area contributed by atoms with Gasteiger partial charge in [0, 0.05) is 48.8 Å². The molecule has 8 nitrogen and oxygen atoms in total. The third kappa shape index (κ3) is 6.02. The summed E-state index contributed by atoms with van der Waals surface area (Å²) in [4.78, 5) is 15.6. The lowest BCUT2D eigenvalue weighted by molar-refractivity contribution is -0.114. The summed E-state index contributed by atoms with van der Waals surface area (Å²) in [6.07, 6.45) is 4.26. The molecular weight excluding hydrogens is 485 g/mol. The number of aliphatic hydroxyl groups excluding tert-OH is 1.